The Hall–Kier alpha value is -9.91. The standard InChI is InChI=1S/C20H32N40O5/c1-4-5-6-7-8-9-10-11-12-63-17-13-16(15-19(61)62)14-18(64-59-57-55-53-51-49-47-45-43-41-39-37-35-33-31-29-27-25-23-21-2)20(17)65-60-58-56-54-52-50-48-46-44-42-40-38-36-34-32-30-28-26-24-22-3/h13-14H,4-12,15H2,1-3H3,(H,61,62). The number of carbonyl (C=O) groups is 1. The number of aliphatic carboxylic acids is 1. The van der Waals surface area contributed by atoms with E-state index in [1.807, 2.05) is 0 Å². The summed E-state index contributed by atoms with van der Waals surface area (Å²) in [6, 6.07) is 2.65. The van der Waals surface area contributed by atoms with Crippen molar-refractivity contribution in [2.75, 3.05) is 20.7 Å². The van der Waals surface area contributed by atoms with Crippen LogP contribution in [0.1, 0.15) is 63.9 Å². The number of carboxylic acids is 1. The molecule has 0 aliphatic carbocycles. The molecule has 0 bridgehead atoms. The number of rotatable bonds is 34. The third-order valence-corrected chi connectivity index (χ3v) is 5.57. The molecule has 65 heavy (non-hydrogen) atoms. The molecular weight excluding hydrogens is 880 g/mol. The van der Waals surface area contributed by atoms with Crippen LogP contribution in [0.3, 0.4) is 0 Å². The van der Waals surface area contributed by atoms with Crippen molar-refractivity contribution in [2.24, 2.45) is 209 Å². The Morgan fingerprint density at radius 1 is 0.415 bits per heavy atom. The van der Waals surface area contributed by atoms with E-state index in [9.17, 15) is 9.90 Å². The minimum atomic E-state index is -1.16. The molecule has 0 amide bonds. The highest BCUT2D eigenvalue weighted by Crippen LogP contribution is 2.40. The lowest BCUT2D eigenvalue weighted by Gasteiger charge is -2.13. The number of unbranched alkanes of at least 4 members (excludes halogenated alkanes) is 7. The van der Waals surface area contributed by atoms with Crippen molar-refractivity contribution < 1.29 is 24.3 Å². The summed E-state index contributed by atoms with van der Waals surface area (Å²) in [4.78, 5) is 22.1. The number of hydrogen-bond donors (Lipinski definition) is 1. The van der Waals surface area contributed by atoms with Gasteiger partial charge in [0.05, 0.1) is 37.7 Å². The van der Waals surface area contributed by atoms with E-state index < -0.39 is 12.4 Å². The highest BCUT2D eigenvalue weighted by molar-refractivity contribution is 5.71. The maximum Gasteiger partial charge on any atom is 0.307 e. The zero-order chi connectivity index (χ0) is 46.8. The molecule has 45 nitrogen and oxygen atoms in total. The van der Waals surface area contributed by atoms with Gasteiger partial charge in [-0.2, -0.15) is 10.2 Å². The number of nitrogens with zero attached hydrogens (tertiary/aromatic N) is 40. The van der Waals surface area contributed by atoms with Crippen LogP contribution in [0, 0.1) is 0 Å². The minimum absolute atomic E-state index is 0.0133. The first-order valence-corrected chi connectivity index (χ1v) is 17.3. The molecule has 1 aromatic carbocycles. The second-order valence-corrected chi connectivity index (χ2v) is 9.78. The van der Waals surface area contributed by atoms with Crippen LogP contribution in [-0.2, 0) is 11.2 Å². The molecule has 342 valence electrons. The molecule has 0 unspecified atom stereocenters. The topological polar surface area (TPSA) is 559 Å². The molecule has 0 saturated carbocycles. The van der Waals surface area contributed by atoms with Crippen molar-refractivity contribution in [3.63, 3.8) is 0 Å². The van der Waals surface area contributed by atoms with E-state index in [0.717, 1.165) is 32.1 Å². The molecular formula is C20H32N40O5. The van der Waals surface area contributed by atoms with Gasteiger partial charge in [-0.1, -0.05) is 51.9 Å². The average molecular weight is 913 g/mol. The van der Waals surface area contributed by atoms with Gasteiger partial charge >= 0.3 is 5.97 Å². The molecule has 0 aliphatic heterocycles. The van der Waals surface area contributed by atoms with Crippen molar-refractivity contribution in [2.45, 2.75) is 64.7 Å². The fourth-order valence-electron chi connectivity index (χ4n) is 3.40. The van der Waals surface area contributed by atoms with E-state index in [-0.39, 0.29) is 29.4 Å². The highest BCUT2D eigenvalue weighted by Gasteiger charge is 2.19. The van der Waals surface area contributed by atoms with Crippen molar-refractivity contribution in [3.8, 4) is 17.2 Å². The number of ether oxygens (including phenoxy) is 1. The van der Waals surface area contributed by atoms with Gasteiger partial charge in [0.2, 0.25) is 11.5 Å². The smallest absolute Gasteiger partial charge is 0.307 e. The molecule has 1 rings (SSSR count). The number of benzene rings is 1. The van der Waals surface area contributed by atoms with Crippen LogP contribution in [0.4, 0.5) is 0 Å². The summed E-state index contributed by atoms with van der Waals surface area (Å²) in [7, 11) is 2.75. The van der Waals surface area contributed by atoms with Gasteiger partial charge in [0.1, 0.15) is 0 Å². The average Bonchev–Trinajstić information content (AvgIpc) is 3.30. The first-order chi connectivity index (χ1) is 32.1. The summed E-state index contributed by atoms with van der Waals surface area (Å²) in [5.41, 5.74) is 0.227. The van der Waals surface area contributed by atoms with E-state index in [1.165, 1.54) is 39.1 Å². The van der Waals surface area contributed by atoms with E-state index >= 15 is 0 Å². The van der Waals surface area contributed by atoms with Crippen molar-refractivity contribution in [1.82, 2.24) is 0 Å². The van der Waals surface area contributed by atoms with Gasteiger partial charge < -0.3 is 19.5 Å². The molecule has 1 aromatic rings. The molecule has 0 saturated heterocycles. The van der Waals surface area contributed by atoms with E-state index in [1.54, 1.807) is 0 Å². The summed E-state index contributed by atoms with van der Waals surface area (Å²) >= 11 is 0. The van der Waals surface area contributed by atoms with Crippen LogP contribution in [-0.4, -0.2) is 31.8 Å². The van der Waals surface area contributed by atoms with Gasteiger partial charge in [0, 0.05) is 104 Å². The van der Waals surface area contributed by atoms with E-state index in [0.29, 0.717) is 6.42 Å². The van der Waals surface area contributed by atoms with Crippen LogP contribution in [0.2, 0.25) is 0 Å². The third kappa shape index (κ3) is 34.6. The zero-order valence-electron chi connectivity index (χ0n) is 33.7. The molecule has 0 aliphatic rings. The van der Waals surface area contributed by atoms with Crippen LogP contribution in [0.5, 0.6) is 17.2 Å². The zero-order valence-corrected chi connectivity index (χ0v) is 33.7. The van der Waals surface area contributed by atoms with Gasteiger partial charge in [-0.15, -0.1) is 0 Å². The summed E-state index contributed by atoms with van der Waals surface area (Å²) in [6.07, 6.45) is 7.90. The van der Waals surface area contributed by atoms with Crippen molar-refractivity contribution in [1.29, 1.82) is 0 Å². The summed E-state index contributed by atoms with van der Waals surface area (Å²) in [6.45, 7) is 2.38. The van der Waals surface area contributed by atoms with E-state index in [2.05, 4.69) is 216 Å². The second kappa shape index (κ2) is 42.2. The molecule has 45 heteroatoms. The van der Waals surface area contributed by atoms with Crippen molar-refractivity contribution >= 4 is 5.97 Å². The maximum absolute atomic E-state index is 11.5. The van der Waals surface area contributed by atoms with Gasteiger partial charge in [-0.25, -0.2) is 0 Å². The Bertz CT molecular complexity index is 2090. The lowest BCUT2D eigenvalue weighted by atomic mass is 10.1. The third-order valence-electron chi connectivity index (χ3n) is 5.57. The fraction of sp³-hybridized carbons (Fsp3) is 0.650. The molecule has 0 heterocycles. The summed E-state index contributed by atoms with van der Waals surface area (Å²) < 4.78 is 5.90. The Labute approximate surface area is 359 Å². The predicted molar refractivity (Wildman–Crippen MR) is 196 cm³/mol. The lowest BCUT2D eigenvalue weighted by Crippen LogP contribution is -2.04. The lowest BCUT2D eigenvalue weighted by molar-refractivity contribution is -0.136. The SMILES string of the molecule is CCCCCCCCCCOc1cc(CC(=O)O)cc(ON=NN=NN=NN=NN=NN=NN=NN=NN=NN=NC)c1ON=NN=NN=NN=NN=NN=NN=NN=NN=NN=NC. The van der Waals surface area contributed by atoms with Gasteiger partial charge in [0.15, 0.2) is 5.75 Å². The van der Waals surface area contributed by atoms with E-state index in [4.69, 9.17) is 14.4 Å². The number of hydrogen-bond acceptors (Lipinski definition) is 8. The molecule has 1 N–H and O–H groups in total. The first kappa shape index (κ1) is 53.1. The maximum atomic E-state index is 11.5. The quantitative estimate of drug-likeness (QED) is 0.0399. The second-order valence-electron chi connectivity index (χ2n) is 9.78. The van der Waals surface area contributed by atoms with Gasteiger partial charge in [-0.3, -0.25) is 4.79 Å². The largest absolute Gasteiger partial charge is 0.489 e. The van der Waals surface area contributed by atoms with Crippen LogP contribution in [0.25, 0.3) is 0 Å². The predicted octanol–water partition coefficient (Wildman–Crippen LogP) is 12.2. The normalized spacial score (nSPS) is 13.9. The van der Waals surface area contributed by atoms with Crippen LogP contribution < -0.4 is 14.4 Å². The Morgan fingerprint density at radius 2 is 0.723 bits per heavy atom. The molecule has 0 atom stereocenters. The molecule has 0 aromatic heterocycles. The molecule has 0 fully saturated rings. The van der Waals surface area contributed by atoms with Crippen LogP contribution in [0.15, 0.2) is 221 Å². The first-order valence-electron chi connectivity index (χ1n) is 17.3. The fourth-order valence-corrected chi connectivity index (χ4v) is 3.40. The monoisotopic (exact) mass is 912 g/mol. The molecule has 0 spiro atoms. The Kier molecular flexibility index (Phi) is 34.5. The van der Waals surface area contributed by atoms with Crippen LogP contribution >= 0.6 is 0 Å². The summed E-state index contributed by atoms with van der Waals surface area (Å²) in [5, 5.41) is 135. The van der Waals surface area contributed by atoms with Gasteiger partial charge in [0.25, 0.3) is 0 Å². The highest BCUT2D eigenvalue weighted by atomic mass is 16.7. The number of carboxylic acid groups (broad SMARTS) is 1. The van der Waals surface area contributed by atoms with Crippen molar-refractivity contribution in [3.05, 3.63) is 17.7 Å². The molecule has 0 radical (unpaired) electrons. The minimum Gasteiger partial charge on any atom is -0.489 e. The Balaban J connectivity index is 2.93. The van der Waals surface area contributed by atoms with Gasteiger partial charge in [-0.05, 0) is 108 Å². The Morgan fingerprint density at radius 3 is 1.08 bits per heavy atom. The summed E-state index contributed by atoms with van der Waals surface area (Å²) in [5.74, 6) is -1.61.